The zero-order chi connectivity index (χ0) is 15.2. The van der Waals surface area contributed by atoms with Gasteiger partial charge < -0.3 is 10.1 Å². The van der Waals surface area contributed by atoms with E-state index < -0.39 is 4.92 Å². The fraction of sp³-hybridized carbons (Fsp3) is 0.200. The van der Waals surface area contributed by atoms with Crippen molar-refractivity contribution in [2.45, 2.75) is 13.2 Å². The molecule has 0 heterocycles. The lowest BCUT2D eigenvalue weighted by Crippen LogP contribution is -2.06. The Kier molecular flexibility index (Phi) is 5.51. The van der Waals surface area contributed by atoms with Crippen LogP contribution in [0.3, 0.4) is 0 Å². The van der Waals surface area contributed by atoms with Gasteiger partial charge in [-0.1, -0.05) is 18.2 Å². The molecule has 2 aromatic rings. The SMILES string of the molecule is CNCc1ccc(OCc2ccc(I)cc2)c([N+](=O)[O-])c1. The molecule has 0 fully saturated rings. The maximum absolute atomic E-state index is 11.1. The van der Waals surface area contributed by atoms with Crippen molar-refractivity contribution >= 4 is 28.3 Å². The maximum atomic E-state index is 11.1. The quantitative estimate of drug-likeness (QED) is 0.460. The minimum atomic E-state index is -0.414. The van der Waals surface area contributed by atoms with Crippen LogP contribution in [0.1, 0.15) is 11.1 Å². The molecule has 0 aliphatic rings. The molecule has 0 aliphatic carbocycles. The highest BCUT2D eigenvalue weighted by Crippen LogP contribution is 2.28. The number of ether oxygens (including phenoxy) is 1. The summed E-state index contributed by atoms with van der Waals surface area (Å²) in [5.74, 6) is 0.290. The van der Waals surface area contributed by atoms with Crippen molar-refractivity contribution in [2.24, 2.45) is 0 Å². The van der Waals surface area contributed by atoms with Crippen LogP contribution >= 0.6 is 22.6 Å². The molecule has 0 radical (unpaired) electrons. The van der Waals surface area contributed by atoms with E-state index in [4.69, 9.17) is 4.74 Å². The van der Waals surface area contributed by atoms with Gasteiger partial charge in [-0.05, 0) is 59.0 Å². The lowest BCUT2D eigenvalue weighted by molar-refractivity contribution is -0.386. The number of hydrogen-bond donors (Lipinski definition) is 1. The van der Waals surface area contributed by atoms with E-state index >= 15 is 0 Å². The Balaban J connectivity index is 2.15. The molecule has 0 atom stereocenters. The van der Waals surface area contributed by atoms with E-state index in [1.54, 1.807) is 19.2 Å². The molecule has 0 amide bonds. The molecule has 2 aromatic carbocycles. The summed E-state index contributed by atoms with van der Waals surface area (Å²) in [6.45, 7) is 0.890. The Morgan fingerprint density at radius 1 is 1.19 bits per heavy atom. The summed E-state index contributed by atoms with van der Waals surface area (Å²) in [5.41, 5.74) is 1.82. The van der Waals surface area contributed by atoms with E-state index in [1.807, 2.05) is 30.3 Å². The molecule has 1 N–H and O–H groups in total. The highest BCUT2D eigenvalue weighted by atomic mass is 127. The predicted octanol–water partition coefficient (Wildman–Crippen LogP) is 3.50. The summed E-state index contributed by atoms with van der Waals surface area (Å²) in [6.07, 6.45) is 0. The van der Waals surface area contributed by atoms with E-state index in [9.17, 15) is 10.1 Å². The topological polar surface area (TPSA) is 64.4 Å². The predicted molar refractivity (Wildman–Crippen MR) is 89.4 cm³/mol. The van der Waals surface area contributed by atoms with Crippen molar-refractivity contribution in [3.05, 3.63) is 67.3 Å². The molecular weight excluding hydrogens is 383 g/mol. The van der Waals surface area contributed by atoms with E-state index in [2.05, 4.69) is 27.9 Å². The van der Waals surface area contributed by atoms with Crippen molar-refractivity contribution in [2.75, 3.05) is 7.05 Å². The Bertz CT molecular complexity index is 629. The zero-order valence-electron chi connectivity index (χ0n) is 11.5. The minimum absolute atomic E-state index is 0.00624. The van der Waals surface area contributed by atoms with Gasteiger partial charge in [-0.2, -0.15) is 0 Å². The number of nitrogens with zero attached hydrogens (tertiary/aromatic N) is 1. The third-order valence-electron chi connectivity index (χ3n) is 2.91. The summed E-state index contributed by atoms with van der Waals surface area (Å²) in [6, 6.07) is 12.9. The number of nitro groups is 1. The first-order chi connectivity index (χ1) is 10.1. The van der Waals surface area contributed by atoms with Crippen LogP contribution in [0.5, 0.6) is 5.75 Å². The van der Waals surface area contributed by atoms with Gasteiger partial charge in [0.1, 0.15) is 6.61 Å². The fourth-order valence-electron chi connectivity index (χ4n) is 1.88. The van der Waals surface area contributed by atoms with Crippen LogP contribution in [0.2, 0.25) is 0 Å². The smallest absolute Gasteiger partial charge is 0.311 e. The van der Waals surface area contributed by atoms with Gasteiger partial charge in [0, 0.05) is 16.2 Å². The van der Waals surface area contributed by atoms with E-state index in [0.717, 1.165) is 14.7 Å². The molecule has 0 spiro atoms. The lowest BCUT2D eigenvalue weighted by atomic mass is 10.2. The van der Waals surface area contributed by atoms with Gasteiger partial charge in [-0.15, -0.1) is 0 Å². The van der Waals surface area contributed by atoms with Crippen molar-refractivity contribution in [1.29, 1.82) is 0 Å². The molecule has 0 saturated carbocycles. The third-order valence-corrected chi connectivity index (χ3v) is 3.63. The van der Waals surface area contributed by atoms with Crippen LogP contribution in [-0.4, -0.2) is 12.0 Å². The monoisotopic (exact) mass is 398 g/mol. The lowest BCUT2D eigenvalue weighted by Gasteiger charge is -2.08. The molecular formula is C15H15IN2O3. The number of nitro benzene ring substituents is 1. The van der Waals surface area contributed by atoms with Crippen LogP contribution in [0, 0.1) is 13.7 Å². The summed E-state index contributed by atoms with van der Waals surface area (Å²) in [5, 5.41) is 14.1. The first-order valence-electron chi connectivity index (χ1n) is 6.39. The molecule has 0 aliphatic heterocycles. The Labute approximate surface area is 136 Å². The number of benzene rings is 2. The molecule has 6 heteroatoms. The van der Waals surface area contributed by atoms with Crippen LogP contribution in [0.25, 0.3) is 0 Å². The maximum Gasteiger partial charge on any atom is 0.311 e. The summed E-state index contributed by atoms with van der Waals surface area (Å²) >= 11 is 2.23. The average Bonchev–Trinajstić information content (AvgIpc) is 2.47. The van der Waals surface area contributed by atoms with Gasteiger partial charge in [0.15, 0.2) is 5.75 Å². The number of hydrogen-bond acceptors (Lipinski definition) is 4. The normalized spacial score (nSPS) is 10.4. The number of halogens is 1. The van der Waals surface area contributed by atoms with Crippen molar-refractivity contribution in [3.63, 3.8) is 0 Å². The van der Waals surface area contributed by atoms with Gasteiger partial charge in [0.05, 0.1) is 4.92 Å². The second kappa shape index (κ2) is 7.37. The molecule has 0 bridgehead atoms. The largest absolute Gasteiger partial charge is 0.482 e. The second-order valence-electron chi connectivity index (χ2n) is 4.50. The minimum Gasteiger partial charge on any atom is -0.482 e. The first-order valence-corrected chi connectivity index (χ1v) is 7.47. The van der Waals surface area contributed by atoms with Crippen LogP contribution in [-0.2, 0) is 13.2 Å². The molecule has 5 nitrogen and oxygen atoms in total. The van der Waals surface area contributed by atoms with Gasteiger partial charge in [-0.25, -0.2) is 0 Å². The van der Waals surface area contributed by atoms with Crippen molar-refractivity contribution in [3.8, 4) is 5.75 Å². The average molecular weight is 398 g/mol. The first kappa shape index (κ1) is 15.7. The van der Waals surface area contributed by atoms with Gasteiger partial charge in [-0.3, -0.25) is 10.1 Å². The zero-order valence-corrected chi connectivity index (χ0v) is 13.7. The van der Waals surface area contributed by atoms with E-state index in [1.165, 1.54) is 0 Å². The van der Waals surface area contributed by atoms with Crippen molar-refractivity contribution in [1.82, 2.24) is 5.32 Å². The van der Waals surface area contributed by atoms with Gasteiger partial charge >= 0.3 is 5.69 Å². The molecule has 0 saturated heterocycles. The number of nitrogens with one attached hydrogen (secondary N) is 1. The molecule has 110 valence electrons. The van der Waals surface area contributed by atoms with Gasteiger partial charge in [0.25, 0.3) is 0 Å². The fourth-order valence-corrected chi connectivity index (χ4v) is 2.24. The highest BCUT2D eigenvalue weighted by Gasteiger charge is 2.16. The van der Waals surface area contributed by atoms with E-state index in [0.29, 0.717) is 18.9 Å². The Hall–Kier alpha value is -1.67. The standard InChI is InChI=1S/C15H15IN2O3/c1-17-9-12-4-7-15(14(8-12)18(19)20)21-10-11-2-5-13(16)6-3-11/h2-8,17H,9-10H2,1H3. The molecule has 0 aromatic heterocycles. The van der Waals surface area contributed by atoms with Crippen LogP contribution in [0.15, 0.2) is 42.5 Å². The third kappa shape index (κ3) is 4.40. The summed E-state index contributed by atoms with van der Waals surface area (Å²) in [7, 11) is 1.80. The number of rotatable bonds is 6. The van der Waals surface area contributed by atoms with Crippen LogP contribution in [0.4, 0.5) is 5.69 Å². The van der Waals surface area contributed by atoms with Gasteiger partial charge in [0.2, 0.25) is 0 Å². The van der Waals surface area contributed by atoms with Crippen molar-refractivity contribution < 1.29 is 9.66 Å². The molecule has 21 heavy (non-hydrogen) atoms. The summed E-state index contributed by atoms with van der Waals surface area (Å²) < 4.78 is 6.73. The Morgan fingerprint density at radius 3 is 2.48 bits per heavy atom. The second-order valence-corrected chi connectivity index (χ2v) is 5.75. The molecule has 0 unspecified atom stereocenters. The van der Waals surface area contributed by atoms with E-state index in [-0.39, 0.29) is 5.69 Å². The summed E-state index contributed by atoms with van der Waals surface area (Å²) in [4.78, 5) is 10.7. The molecule has 2 rings (SSSR count). The highest BCUT2D eigenvalue weighted by molar-refractivity contribution is 14.1. The Morgan fingerprint density at radius 2 is 1.86 bits per heavy atom. The van der Waals surface area contributed by atoms with Crippen LogP contribution < -0.4 is 10.1 Å².